The van der Waals surface area contributed by atoms with Crippen LogP contribution in [-0.2, 0) is 12.8 Å². The first-order valence-electron chi connectivity index (χ1n) is 8.11. The van der Waals surface area contributed by atoms with Gasteiger partial charge in [-0.1, -0.05) is 49.3 Å². The van der Waals surface area contributed by atoms with Gasteiger partial charge in [-0.2, -0.15) is 0 Å². The van der Waals surface area contributed by atoms with E-state index in [0.717, 1.165) is 18.3 Å². The molecular weight excluding hydrogens is 240 g/mol. The van der Waals surface area contributed by atoms with E-state index in [4.69, 9.17) is 0 Å². The van der Waals surface area contributed by atoms with E-state index in [2.05, 4.69) is 43.5 Å². The second-order valence-corrected chi connectivity index (χ2v) is 6.26. The quantitative estimate of drug-likeness (QED) is 0.554. The Morgan fingerprint density at radius 2 is 1.45 bits per heavy atom. The van der Waals surface area contributed by atoms with Crippen LogP contribution in [0.15, 0.2) is 49.6 Å². The van der Waals surface area contributed by atoms with Crippen LogP contribution in [0.5, 0.6) is 0 Å². The van der Waals surface area contributed by atoms with Crippen LogP contribution in [0.3, 0.4) is 0 Å². The van der Waals surface area contributed by atoms with E-state index in [1.54, 1.807) is 0 Å². The van der Waals surface area contributed by atoms with Crippen LogP contribution in [0.4, 0.5) is 0 Å². The lowest BCUT2D eigenvalue weighted by molar-refractivity contribution is 0.265. The summed E-state index contributed by atoms with van der Waals surface area (Å²) in [5.41, 5.74) is 2.86. The number of allylic oxidation sites excluding steroid dienone is 2. The van der Waals surface area contributed by atoms with Gasteiger partial charge < -0.3 is 0 Å². The summed E-state index contributed by atoms with van der Waals surface area (Å²) in [6.07, 6.45) is 14.5. The Morgan fingerprint density at radius 1 is 0.850 bits per heavy atom. The third-order valence-corrected chi connectivity index (χ3v) is 4.71. The smallest absolute Gasteiger partial charge is 0.0100 e. The van der Waals surface area contributed by atoms with Crippen LogP contribution in [0.1, 0.15) is 49.7 Å². The van der Waals surface area contributed by atoms with Crippen LogP contribution < -0.4 is 0 Å². The van der Waals surface area contributed by atoms with E-state index in [1.165, 1.54) is 56.1 Å². The first-order valence-corrected chi connectivity index (χ1v) is 8.11. The first-order chi connectivity index (χ1) is 9.81. The first kappa shape index (κ1) is 15.1. The van der Waals surface area contributed by atoms with Gasteiger partial charge in [-0.05, 0) is 61.5 Å². The van der Waals surface area contributed by atoms with E-state index >= 15 is 0 Å². The fourth-order valence-electron chi connectivity index (χ4n) is 3.37. The molecule has 0 bridgehead atoms. The number of rotatable bonds is 7. The van der Waals surface area contributed by atoms with Crippen LogP contribution in [0.2, 0.25) is 0 Å². The fraction of sp³-hybridized carbons (Fsp3) is 0.500. The Morgan fingerprint density at radius 3 is 2.05 bits per heavy atom. The summed E-state index contributed by atoms with van der Waals surface area (Å²) >= 11 is 0. The van der Waals surface area contributed by atoms with Gasteiger partial charge in [-0.25, -0.2) is 0 Å². The van der Waals surface area contributed by atoms with Gasteiger partial charge in [-0.3, -0.25) is 0 Å². The molecule has 20 heavy (non-hydrogen) atoms. The summed E-state index contributed by atoms with van der Waals surface area (Å²) in [6, 6.07) is 9.08. The van der Waals surface area contributed by atoms with Gasteiger partial charge in [0.05, 0.1) is 0 Å². The van der Waals surface area contributed by atoms with E-state index in [0.29, 0.717) is 0 Å². The average Bonchev–Trinajstić information content (AvgIpc) is 2.49. The van der Waals surface area contributed by atoms with Gasteiger partial charge in [-0.15, -0.1) is 13.2 Å². The van der Waals surface area contributed by atoms with Gasteiger partial charge in [0.15, 0.2) is 0 Å². The molecule has 1 aromatic carbocycles. The molecule has 0 N–H and O–H groups in total. The van der Waals surface area contributed by atoms with E-state index in [9.17, 15) is 0 Å². The minimum absolute atomic E-state index is 0.918. The molecule has 0 heteroatoms. The highest BCUT2D eigenvalue weighted by Gasteiger charge is 2.19. The molecule has 1 aliphatic carbocycles. The zero-order chi connectivity index (χ0) is 14.2. The van der Waals surface area contributed by atoms with Gasteiger partial charge >= 0.3 is 0 Å². The van der Waals surface area contributed by atoms with Crippen molar-refractivity contribution in [1.29, 1.82) is 0 Å². The third-order valence-electron chi connectivity index (χ3n) is 4.71. The highest BCUT2D eigenvalue weighted by Crippen LogP contribution is 2.33. The van der Waals surface area contributed by atoms with Crippen molar-refractivity contribution in [3.8, 4) is 0 Å². The maximum atomic E-state index is 3.86. The lowest BCUT2D eigenvalue weighted by Crippen LogP contribution is -2.14. The molecule has 0 unspecified atom stereocenters. The largest absolute Gasteiger partial charge is 0.103 e. The number of hydrogen-bond acceptors (Lipinski definition) is 0. The molecule has 1 fully saturated rings. The highest BCUT2D eigenvalue weighted by atomic mass is 14.2. The molecule has 0 aromatic heterocycles. The lowest BCUT2D eigenvalue weighted by Gasteiger charge is -2.27. The molecule has 2 rings (SSSR count). The Balaban J connectivity index is 1.72. The molecule has 0 heterocycles. The maximum Gasteiger partial charge on any atom is -0.0100 e. The van der Waals surface area contributed by atoms with E-state index in [1.807, 2.05) is 6.08 Å². The van der Waals surface area contributed by atoms with Crippen molar-refractivity contribution < 1.29 is 0 Å². The molecule has 1 saturated carbocycles. The topological polar surface area (TPSA) is 0 Å². The van der Waals surface area contributed by atoms with Crippen LogP contribution >= 0.6 is 0 Å². The Labute approximate surface area is 124 Å². The van der Waals surface area contributed by atoms with Gasteiger partial charge in [0, 0.05) is 0 Å². The summed E-state index contributed by atoms with van der Waals surface area (Å²) in [5.74, 6) is 1.87. The Bertz CT molecular complexity index is 404. The third kappa shape index (κ3) is 4.67. The number of benzene rings is 1. The van der Waals surface area contributed by atoms with E-state index in [-0.39, 0.29) is 0 Å². The van der Waals surface area contributed by atoms with Gasteiger partial charge in [0.1, 0.15) is 0 Å². The standard InChI is InChI=1S/C20H28/c1-3-5-17-7-11-19(12-8-17)15-16-20-13-9-18(6-4-2)10-14-20/h3-4,7-8,11-12,18,20H,1-2,5-6,9-10,13-16H2. The fourth-order valence-corrected chi connectivity index (χ4v) is 3.37. The summed E-state index contributed by atoms with van der Waals surface area (Å²) in [6.45, 7) is 7.65. The average molecular weight is 268 g/mol. The van der Waals surface area contributed by atoms with Crippen molar-refractivity contribution in [2.24, 2.45) is 11.8 Å². The van der Waals surface area contributed by atoms with Crippen LogP contribution in [-0.4, -0.2) is 0 Å². The summed E-state index contributed by atoms with van der Waals surface area (Å²) < 4.78 is 0. The minimum Gasteiger partial charge on any atom is -0.103 e. The van der Waals surface area contributed by atoms with Gasteiger partial charge in [0.25, 0.3) is 0 Å². The molecule has 1 aliphatic rings. The molecule has 0 nitrogen and oxygen atoms in total. The Kier molecular flexibility index (Phi) is 6.11. The van der Waals surface area contributed by atoms with Crippen molar-refractivity contribution >= 4 is 0 Å². The van der Waals surface area contributed by atoms with E-state index < -0.39 is 0 Å². The molecule has 0 radical (unpaired) electrons. The Hall–Kier alpha value is -1.30. The molecular formula is C20H28. The summed E-state index contributed by atoms with van der Waals surface area (Å²) in [4.78, 5) is 0. The van der Waals surface area contributed by atoms with Crippen LogP contribution in [0, 0.1) is 11.8 Å². The predicted molar refractivity (Wildman–Crippen MR) is 88.9 cm³/mol. The second-order valence-electron chi connectivity index (χ2n) is 6.26. The summed E-state index contributed by atoms with van der Waals surface area (Å²) in [5, 5.41) is 0. The molecule has 0 spiro atoms. The lowest BCUT2D eigenvalue weighted by atomic mass is 9.78. The normalized spacial score (nSPS) is 22.4. The van der Waals surface area contributed by atoms with Crippen molar-refractivity contribution in [2.75, 3.05) is 0 Å². The monoisotopic (exact) mass is 268 g/mol. The number of hydrogen-bond donors (Lipinski definition) is 0. The predicted octanol–water partition coefficient (Wildman–Crippen LogP) is 5.73. The summed E-state index contributed by atoms with van der Waals surface area (Å²) in [7, 11) is 0. The minimum atomic E-state index is 0.918. The zero-order valence-electron chi connectivity index (χ0n) is 12.7. The second kappa shape index (κ2) is 8.09. The molecule has 0 aliphatic heterocycles. The maximum absolute atomic E-state index is 3.86. The molecule has 1 aromatic rings. The SMILES string of the molecule is C=CCc1ccc(CCC2CCC(CC=C)CC2)cc1. The van der Waals surface area contributed by atoms with Crippen molar-refractivity contribution in [1.82, 2.24) is 0 Å². The number of aryl methyl sites for hydroxylation is 1. The van der Waals surface area contributed by atoms with Crippen LogP contribution in [0.25, 0.3) is 0 Å². The van der Waals surface area contributed by atoms with Gasteiger partial charge in [0.2, 0.25) is 0 Å². The van der Waals surface area contributed by atoms with Crippen molar-refractivity contribution in [2.45, 2.75) is 51.4 Å². The molecule has 0 saturated heterocycles. The van der Waals surface area contributed by atoms with Crippen molar-refractivity contribution in [3.05, 3.63) is 60.7 Å². The highest BCUT2D eigenvalue weighted by molar-refractivity contribution is 5.24. The molecule has 0 amide bonds. The molecule has 0 atom stereocenters. The zero-order valence-corrected chi connectivity index (χ0v) is 12.7. The van der Waals surface area contributed by atoms with Crippen molar-refractivity contribution in [3.63, 3.8) is 0 Å². The molecule has 108 valence electrons.